The molecule has 1 heterocycles. The second-order valence-electron chi connectivity index (χ2n) is 10.6. The van der Waals surface area contributed by atoms with E-state index in [2.05, 4.69) is 87.3 Å². The van der Waals surface area contributed by atoms with E-state index in [1.54, 1.807) is 21.1 Å². The van der Waals surface area contributed by atoms with Gasteiger partial charge in [0.1, 0.15) is 5.78 Å². The number of benzene rings is 2. The lowest BCUT2D eigenvalue weighted by atomic mass is 9.63. The predicted molar refractivity (Wildman–Crippen MR) is 149 cm³/mol. The molecule has 6 nitrogen and oxygen atoms in total. The van der Waals surface area contributed by atoms with Crippen molar-refractivity contribution >= 4 is 17.2 Å². The molecule has 0 spiro atoms. The average molecular weight is 504 g/mol. The second kappa shape index (κ2) is 11.2. The average Bonchev–Trinajstić information content (AvgIpc) is 3.29. The van der Waals surface area contributed by atoms with Crippen molar-refractivity contribution in [1.82, 2.24) is 9.78 Å². The highest BCUT2D eigenvalue weighted by Crippen LogP contribution is 2.52. The van der Waals surface area contributed by atoms with Gasteiger partial charge in [-0.05, 0) is 63.9 Å². The summed E-state index contributed by atoms with van der Waals surface area (Å²) in [7, 11) is 3.54. The number of aromatic nitrogens is 2. The van der Waals surface area contributed by atoms with Crippen molar-refractivity contribution in [2.45, 2.75) is 77.0 Å². The highest BCUT2D eigenvalue weighted by atomic mass is 16.5. The van der Waals surface area contributed by atoms with Crippen molar-refractivity contribution < 1.29 is 14.3 Å². The van der Waals surface area contributed by atoms with Crippen LogP contribution in [0.25, 0.3) is 0 Å². The largest absolute Gasteiger partial charge is 0.380 e. The molecule has 0 bridgehead atoms. The van der Waals surface area contributed by atoms with Crippen LogP contribution in [0.4, 0.5) is 11.4 Å². The SMILES string of the molecule is CCN(c1ccccc1)c1ccc(C2C(OC)C(c3cn(C(C)(C)CC)nc3CC(C)=O)C2OC)cc1. The van der Waals surface area contributed by atoms with Crippen molar-refractivity contribution in [2.24, 2.45) is 0 Å². The molecule has 1 saturated carbocycles. The van der Waals surface area contributed by atoms with Crippen molar-refractivity contribution in [2.75, 3.05) is 25.7 Å². The van der Waals surface area contributed by atoms with Gasteiger partial charge in [0.15, 0.2) is 0 Å². The van der Waals surface area contributed by atoms with E-state index < -0.39 is 0 Å². The molecule has 0 amide bonds. The Hall–Kier alpha value is -2.96. The first-order valence-corrected chi connectivity index (χ1v) is 13.3. The van der Waals surface area contributed by atoms with Gasteiger partial charge in [-0.25, -0.2) is 0 Å². The van der Waals surface area contributed by atoms with Gasteiger partial charge in [0.25, 0.3) is 0 Å². The van der Waals surface area contributed by atoms with Crippen molar-refractivity contribution in [3.05, 3.63) is 77.6 Å². The standard InChI is InChI=1S/C31H41N3O3/c1-8-31(4,5)34-20-25(26(32-34)19-21(3)35)28-29(36-6)27(30(28)37-7)22-15-17-24(18-16-22)33(9-2)23-13-11-10-12-14-23/h10-18,20,27-30H,8-9,19H2,1-7H3. The predicted octanol–water partition coefficient (Wildman–Crippen LogP) is 6.23. The van der Waals surface area contributed by atoms with Gasteiger partial charge >= 0.3 is 0 Å². The Kier molecular flexibility index (Phi) is 8.20. The molecule has 0 saturated heterocycles. The van der Waals surface area contributed by atoms with Gasteiger partial charge in [-0.2, -0.15) is 5.10 Å². The number of hydrogen-bond acceptors (Lipinski definition) is 5. The molecule has 0 aliphatic heterocycles. The fraction of sp³-hybridized carbons (Fsp3) is 0.484. The summed E-state index contributed by atoms with van der Waals surface area (Å²) in [5.41, 5.74) is 5.27. The zero-order chi connectivity index (χ0) is 26.7. The normalized spacial score (nSPS) is 21.5. The number of para-hydroxylation sites is 1. The molecular formula is C31H41N3O3. The van der Waals surface area contributed by atoms with Crippen LogP contribution in [0.3, 0.4) is 0 Å². The molecule has 2 atom stereocenters. The molecule has 1 aromatic heterocycles. The maximum absolute atomic E-state index is 12.1. The molecule has 3 aromatic rings. The lowest BCUT2D eigenvalue weighted by molar-refractivity contribution is -0.118. The van der Waals surface area contributed by atoms with Crippen LogP contribution in [0.5, 0.6) is 0 Å². The Morgan fingerprint density at radius 3 is 2.05 bits per heavy atom. The summed E-state index contributed by atoms with van der Waals surface area (Å²) in [6.07, 6.45) is 3.23. The molecule has 6 heteroatoms. The van der Waals surface area contributed by atoms with E-state index in [0.29, 0.717) is 6.42 Å². The molecule has 2 unspecified atom stereocenters. The van der Waals surface area contributed by atoms with E-state index in [9.17, 15) is 4.79 Å². The van der Waals surface area contributed by atoms with Crippen LogP contribution >= 0.6 is 0 Å². The van der Waals surface area contributed by atoms with E-state index in [-0.39, 0.29) is 35.4 Å². The first-order chi connectivity index (χ1) is 17.7. The van der Waals surface area contributed by atoms with E-state index in [0.717, 1.165) is 29.9 Å². The molecular weight excluding hydrogens is 462 g/mol. The number of carbonyl (C=O) groups excluding carboxylic acids is 1. The number of ketones is 1. The Labute approximate surface area is 221 Å². The van der Waals surface area contributed by atoms with Crippen LogP contribution in [0.15, 0.2) is 60.8 Å². The van der Waals surface area contributed by atoms with Gasteiger partial charge in [0.05, 0.1) is 29.9 Å². The summed E-state index contributed by atoms with van der Waals surface area (Å²) in [6, 6.07) is 19.2. The number of ether oxygens (including phenoxy) is 2. The van der Waals surface area contributed by atoms with Crippen molar-refractivity contribution in [3.63, 3.8) is 0 Å². The highest BCUT2D eigenvalue weighted by Gasteiger charge is 2.54. The Bertz CT molecular complexity index is 1170. The zero-order valence-electron chi connectivity index (χ0n) is 23.3. The van der Waals surface area contributed by atoms with E-state index >= 15 is 0 Å². The maximum atomic E-state index is 12.1. The molecule has 198 valence electrons. The number of hydrogen-bond donors (Lipinski definition) is 0. The maximum Gasteiger partial charge on any atom is 0.135 e. The minimum absolute atomic E-state index is 0.00638. The van der Waals surface area contributed by atoms with Gasteiger partial charge in [0.2, 0.25) is 0 Å². The molecule has 37 heavy (non-hydrogen) atoms. The smallest absolute Gasteiger partial charge is 0.135 e. The fourth-order valence-corrected chi connectivity index (χ4v) is 5.54. The van der Waals surface area contributed by atoms with Crippen LogP contribution < -0.4 is 4.90 Å². The van der Waals surface area contributed by atoms with Gasteiger partial charge < -0.3 is 14.4 Å². The third-order valence-corrected chi connectivity index (χ3v) is 8.02. The Morgan fingerprint density at radius 2 is 1.54 bits per heavy atom. The number of carbonyl (C=O) groups is 1. The first-order valence-electron chi connectivity index (χ1n) is 13.3. The molecule has 1 fully saturated rings. The number of rotatable bonds is 11. The topological polar surface area (TPSA) is 56.6 Å². The van der Waals surface area contributed by atoms with Crippen molar-refractivity contribution in [1.29, 1.82) is 0 Å². The lowest BCUT2D eigenvalue weighted by Crippen LogP contribution is -2.53. The van der Waals surface area contributed by atoms with Gasteiger partial charge in [0, 0.05) is 55.7 Å². The fourth-order valence-electron chi connectivity index (χ4n) is 5.54. The first kappa shape index (κ1) is 27.1. The quantitative estimate of drug-likeness (QED) is 0.311. The lowest BCUT2D eigenvalue weighted by Gasteiger charge is -2.50. The Morgan fingerprint density at radius 1 is 0.946 bits per heavy atom. The molecule has 1 aliphatic carbocycles. The summed E-state index contributed by atoms with van der Waals surface area (Å²) in [6.45, 7) is 11.2. The Balaban J connectivity index is 1.65. The van der Waals surface area contributed by atoms with Crippen LogP contribution in [-0.4, -0.2) is 48.5 Å². The van der Waals surface area contributed by atoms with E-state index in [1.807, 2.05) is 10.7 Å². The zero-order valence-corrected chi connectivity index (χ0v) is 23.3. The summed E-state index contributed by atoms with van der Waals surface area (Å²) in [5.74, 6) is 0.203. The van der Waals surface area contributed by atoms with Crippen LogP contribution in [0.2, 0.25) is 0 Å². The van der Waals surface area contributed by atoms with Gasteiger partial charge in [-0.1, -0.05) is 37.3 Å². The third-order valence-electron chi connectivity index (χ3n) is 8.02. The number of methoxy groups -OCH3 is 2. The van der Waals surface area contributed by atoms with Crippen molar-refractivity contribution in [3.8, 4) is 0 Å². The molecule has 2 aromatic carbocycles. The van der Waals surface area contributed by atoms with E-state index in [1.165, 1.54) is 11.3 Å². The molecule has 0 N–H and O–H groups in total. The van der Waals surface area contributed by atoms with Crippen LogP contribution in [0, 0.1) is 0 Å². The van der Waals surface area contributed by atoms with Crippen LogP contribution in [-0.2, 0) is 26.2 Å². The number of Topliss-reactive ketones (excluding diaryl/α,β-unsaturated/α-hetero) is 1. The summed E-state index contributed by atoms with van der Waals surface area (Å²) in [4.78, 5) is 14.4. The second-order valence-corrected chi connectivity index (χ2v) is 10.6. The van der Waals surface area contributed by atoms with Gasteiger partial charge in [-0.15, -0.1) is 0 Å². The van der Waals surface area contributed by atoms with Crippen LogP contribution in [0.1, 0.15) is 69.7 Å². The minimum atomic E-state index is -0.141. The minimum Gasteiger partial charge on any atom is -0.380 e. The highest BCUT2D eigenvalue weighted by molar-refractivity contribution is 5.78. The summed E-state index contributed by atoms with van der Waals surface area (Å²) in [5, 5.41) is 4.88. The number of nitrogens with zero attached hydrogens (tertiary/aromatic N) is 3. The van der Waals surface area contributed by atoms with Gasteiger partial charge in [-0.3, -0.25) is 9.48 Å². The summed E-state index contributed by atoms with van der Waals surface area (Å²) >= 11 is 0. The molecule has 1 aliphatic rings. The summed E-state index contributed by atoms with van der Waals surface area (Å²) < 4.78 is 14.2. The monoisotopic (exact) mass is 503 g/mol. The third kappa shape index (κ3) is 5.23. The molecule has 4 rings (SSSR count). The molecule has 0 radical (unpaired) electrons. The van der Waals surface area contributed by atoms with E-state index in [4.69, 9.17) is 14.6 Å². The number of anilines is 2.